The van der Waals surface area contributed by atoms with Gasteiger partial charge in [0.05, 0.1) is 0 Å². The van der Waals surface area contributed by atoms with Gasteiger partial charge in [-0.1, -0.05) is 29.8 Å². The maximum Gasteiger partial charge on any atom is 0.325 e. The van der Waals surface area contributed by atoms with Crippen molar-refractivity contribution in [2.24, 2.45) is 0 Å². The number of amides is 4. The summed E-state index contributed by atoms with van der Waals surface area (Å²) in [6, 6.07) is 6.96. The molecule has 0 spiro atoms. The van der Waals surface area contributed by atoms with Crippen molar-refractivity contribution in [3.8, 4) is 0 Å². The Morgan fingerprint density at radius 1 is 1.17 bits per heavy atom. The zero-order chi connectivity index (χ0) is 16.6. The molecule has 2 aliphatic heterocycles. The fraction of sp³-hybridized carbons (Fsp3) is 0.471. The van der Waals surface area contributed by atoms with Crippen LogP contribution in [0.2, 0.25) is 0 Å². The number of nitrogens with one attached hydrogen (secondary N) is 1. The molecule has 122 valence electrons. The van der Waals surface area contributed by atoms with Crippen LogP contribution in [0.5, 0.6) is 0 Å². The second-order valence-corrected chi connectivity index (χ2v) is 6.40. The van der Waals surface area contributed by atoms with Crippen LogP contribution in [-0.4, -0.2) is 47.3 Å². The Balaban J connectivity index is 1.79. The van der Waals surface area contributed by atoms with Gasteiger partial charge in [-0.05, 0) is 32.3 Å². The van der Waals surface area contributed by atoms with E-state index in [2.05, 4.69) is 5.32 Å². The average Bonchev–Trinajstić information content (AvgIpc) is 3.12. The van der Waals surface area contributed by atoms with E-state index in [0.717, 1.165) is 28.9 Å². The first-order chi connectivity index (χ1) is 10.9. The van der Waals surface area contributed by atoms with Crippen molar-refractivity contribution >= 4 is 17.8 Å². The molecule has 23 heavy (non-hydrogen) atoms. The monoisotopic (exact) mass is 315 g/mol. The molecule has 6 nitrogen and oxygen atoms in total. The summed E-state index contributed by atoms with van der Waals surface area (Å²) >= 11 is 0. The van der Waals surface area contributed by atoms with Crippen LogP contribution in [0.15, 0.2) is 24.3 Å². The van der Waals surface area contributed by atoms with Gasteiger partial charge in [-0.3, -0.25) is 14.5 Å². The molecule has 1 aromatic carbocycles. The average molecular weight is 315 g/mol. The summed E-state index contributed by atoms with van der Waals surface area (Å²) in [5.41, 5.74) is 0.684. The normalized spacial score (nSPS) is 24.3. The van der Waals surface area contributed by atoms with Gasteiger partial charge in [0.15, 0.2) is 0 Å². The number of nitrogens with zero attached hydrogens (tertiary/aromatic N) is 2. The molecular formula is C17H21N3O3. The summed E-state index contributed by atoms with van der Waals surface area (Å²) in [4.78, 5) is 39.9. The summed E-state index contributed by atoms with van der Waals surface area (Å²) in [6.45, 7) is 4.86. The van der Waals surface area contributed by atoms with Crippen molar-refractivity contribution in [1.82, 2.24) is 15.1 Å². The van der Waals surface area contributed by atoms with Gasteiger partial charge in [-0.2, -0.15) is 0 Å². The Morgan fingerprint density at radius 2 is 1.78 bits per heavy atom. The highest BCUT2D eigenvalue weighted by Crippen LogP contribution is 2.29. The van der Waals surface area contributed by atoms with E-state index in [9.17, 15) is 14.4 Å². The first-order valence-electron chi connectivity index (χ1n) is 7.91. The number of carbonyl (C=O) groups excluding carboxylic acids is 3. The van der Waals surface area contributed by atoms with E-state index < -0.39 is 11.6 Å². The number of aryl methyl sites for hydroxylation is 1. The van der Waals surface area contributed by atoms with Crippen LogP contribution in [0.3, 0.4) is 0 Å². The van der Waals surface area contributed by atoms with E-state index in [4.69, 9.17) is 0 Å². The second kappa shape index (κ2) is 5.68. The maximum atomic E-state index is 12.7. The lowest BCUT2D eigenvalue weighted by Crippen LogP contribution is -2.43. The Hall–Kier alpha value is -2.37. The number of urea groups is 1. The number of benzene rings is 1. The molecule has 1 aromatic rings. The predicted molar refractivity (Wildman–Crippen MR) is 84.6 cm³/mol. The van der Waals surface area contributed by atoms with Crippen LogP contribution < -0.4 is 5.32 Å². The summed E-state index contributed by atoms with van der Waals surface area (Å²) in [5.74, 6) is -0.543. The molecule has 0 aromatic heterocycles. The van der Waals surface area contributed by atoms with Crippen molar-refractivity contribution in [3.63, 3.8) is 0 Å². The van der Waals surface area contributed by atoms with E-state index >= 15 is 0 Å². The summed E-state index contributed by atoms with van der Waals surface area (Å²) in [7, 11) is 0. The molecule has 4 amide bonds. The first-order valence-corrected chi connectivity index (χ1v) is 7.91. The lowest BCUT2D eigenvalue weighted by atomic mass is 9.91. The van der Waals surface area contributed by atoms with Crippen molar-refractivity contribution in [3.05, 3.63) is 35.4 Å². The zero-order valence-corrected chi connectivity index (χ0v) is 13.5. The van der Waals surface area contributed by atoms with Crippen LogP contribution in [0.25, 0.3) is 0 Å². The largest absolute Gasteiger partial charge is 0.341 e. The van der Waals surface area contributed by atoms with Crippen molar-refractivity contribution in [2.75, 3.05) is 19.6 Å². The van der Waals surface area contributed by atoms with Crippen LogP contribution in [0.4, 0.5) is 4.79 Å². The molecule has 6 heteroatoms. The minimum absolute atomic E-state index is 0.167. The highest BCUT2D eigenvalue weighted by Gasteiger charge is 2.49. The third kappa shape index (κ3) is 2.69. The van der Waals surface area contributed by atoms with Crippen LogP contribution >= 0.6 is 0 Å². The van der Waals surface area contributed by atoms with Gasteiger partial charge in [0.2, 0.25) is 5.91 Å². The number of rotatable bonds is 3. The summed E-state index contributed by atoms with van der Waals surface area (Å²) in [5, 5.41) is 2.73. The highest BCUT2D eigenvalue weighted by molar-refractivity contribution is 6.09. The third-order valence-electron chi connectivity index (χ3n) is 4.66. The number of likely N-dealkylation sites (tertiary alicyclic amines) is 1. The Bertz CT molecular complexity index is 650. The lowest BCUT2D eigenvalue weighted by molar-refractivity contribution is -0.138. The van der Waals surface area contributed by atoms with Crippen LogP contribution in [0.1, 0.15) is 30.9 Å². The van der Waals surface area contributed by atoms with E-state index in [1.165, 1.54) is 0 Å². The summed E-state index contributed by atoms with van der Waals surface area (Å²) < 4.78 is 0. The fourth-order valence-electron chi connectivity index (χ4n) is 3.12. The quantitative estimate of drug-likeness (QED) is 0.857. The minimum atomic E-state index is -1.12. The Kier molecular flexibility index (Phi) is 3.83. The van der Waals surface area contributed by atoms with Gasteiger partial charge < -0.3 is 10.2 Å². The van der Waals surface area contributed by atoms with E-state index in [1.807, 2.05) is 31.2 Å². The van der Waals surface area contributed by atoms with Gasteiger partial charge in [0.25, 0.3) is 5.91 Å². The smallest absolute Gasteiger partial charge is 0.325 e. The first kappa shape index (κ1) is 15.5. The van der Waals surface area contributed by atoms with Gasteiger partial charge in [-0.25, -0.2) is 4.79 Å². The van der Waals surface area contributed by atoms with Gasteiger partial charge in [0.1, 0.15) is 12.1 Å². The topological polar surface area (TPSA) is 69.7 Å². The molecule has 2 saturated heterocycles. The molecule has 0 saturated carbocycles. The molecule has 3 rings (SSSR count). The molecule has 0 radical (unpaired) electrons. The SMILES string of the molecule is Cc1ccc(C2(C)NC(=O)N(CC(=O)N3CCCC3)C2=O)cc1. The number of hydrogen-bond donors (Lipinski definition) is 1. The minimum Gasteiger partial charge on any atom is -0.341 e. The predicted octanol–water partition coefficient (Wildman–Crippen LogP) is 1.38. The van der Waals surface area contributed by atoms with E-state index in [1.54, 1.807) is 11.8 Å². The molecule has 2 fully saturated rings. The number of hydrogen-bond acceptors (Lipinski definition) is 3. The fourth-order valence-corrected chi connectivity index (χ4v) is 3.12. The number of carbonyl (C=O) groups is 3. The molecule has 1 unspecified atom stereocenters. The van der Waals surface area contributed by atoms with Crippen LogP contribution in [-0.2, 0) is 15.1 Å². The summed E-state index contributed by atoms with van der Waals surface area (Å²) in [6.07, 6.45) is 1.96. The molecule has 1 atom stereocenters. The van der Waals surface area contributed by atoms with Gasteiger partial charge in [-0.15, -0.1) is 0 Å². The standard InChI is InChI=1S/C17H21N3O3/c1-12-5-7-13(8-6-12)17(2)15(22)20(16(23)18-17)11-14(21)19-9-3-4-10-19/h5-8H,3-4,9-11H2,1-2H3,(H,18,23). The molecule has 0 bridgehead atoms. The molecule has 0 aliphatic carbocycles. The molecule has 2 heterocycles. The second-order valence-electron chi connectivity index (χ2n) is 6.40. The van der Waals surface area contributed by atoms with Crippen molar-refractivity contribution in [2.45, 2.75) is 32.2 Å². The Labute approximate surface area is 135 Å². The molecule has 2 aliphatic rings. The van der Waals surface area contributed by atoms with E-state index in [0.29, 0.717) is 13.1 Å². The van der Waals surface area contributed by atoms with Crippen molar-refractivity contribution < 1.29 is 14.4 Å². The van der Waals surface area contributed by atoms with Crippen LogP contribution in [0, 0.1) is 6.92 Å². The van der Waals surface area contributed by atoms with Crippen molar-refractivity contribution in [1.29, 1.82) is 0 Å². The van der Waals surface area contributed by atoms with E-state index in [-0.39, 0.29) is 18.4 Å². The zero-order valence-electron chi connectivity index (χ0n) is 13.5. The molecular weight excluding hydrogens is 294 g/mol. The number of imide groups is 1. The molecule has 1 N–H and O–H groups in total. The van der Waals surface area contributed by atoms with Gasteiger partial charge >= 0.3 is 6.03 Å². The third-order valence-corrected chi connectivity index (χ3v) is 4.66. The lowest BCUT2D eigenvalue weighted by Gasteiger charge is -2.23. The maximum absolute atomic E-state index is 12.7. The highest BCUT2D eigenvalue weighted by atomic mass is 16.2. The van der Waals surface area contributed by atoms with Gasteiger partial charge in [0, 0.05) is 13.1 Å². The Morgan fingerprint density at radius 3 is 2.39 bits per heavy atom.